The third-order valence-corrected chi connectivity index (χ3v) is 2.93. The summed E-state index contributed by atoms with van der Waals surface area (Å²) in [5.41, 5.74) is 0. The molecule has 0 bridgehead atoms. The van der Waals surface area contributed by atoms with Crippen molar-refractivity contribution < 1.29 is 9.90 Å². The van der Waals surface area contributed by atoms with Crippen LogP contribution >= 0.6 is 0 Å². The predicted octanol–water partition coefficient (Wildman–Crippen LogP) is 1.18. The first-order valence-corrected chi connectivity index (χ1v) is 5.13. The van der Waals surface area contributed by atoms with E-state index in [2.05, 4.69) is 6.58 Å². The molecule has 3 nitrogen and oxygen atoms in total. The highest BCUT2D eigenvalue weighted by molar-refractivity contribution is 5.82. The first-order valence-electron chi connectivity index (χ1n) is 5.13. The van der Waals surface area contributed by atoms with Gasteiger partial charge in [0, 0.05) is 6.54 Å². The number of nitrogens with zero attached hydrogens (tertiary/aromatic N) is 1. The topological polar surface area (TPSA) is 40.5 Å². The molecule has 0 aromatic rings. The van der Waals surface area contributed by atoms with Gasteiger partial charge in [0.25, 0.3) is 0 Å². The summed E-state index contributed by atoms with van der Waals surface area (Å²) in [5, 5.41) is 9.51. The van der Waals surface area contributed by atoms with E-state index < -0.39 is 6.23 Å². The number of aliphatic hydroxyl groups excluding tert-OH is 1. The van der Waals surface area contributed by atoms with Crippen molar-refractivity contribution >= 4 is 5.78 Å². The van der Waals surface area contributed by atoms with Crippen molar-refractivity contribution in [3.05, 3.63) is 12.7 Å². The molecule has 0 radical (unpaired) electrons. The largest absolute Gasteiger partial charge is 0.379 e. The van der Waals surface area contributed by atoms with Gasteiger partial charge >= 0.3 is 0 Å². The highest BCUT2D eigenvalue weighted by atomic mass is 16.3. The smallest absolute Gasteiger partial charge is 0.147 e. The number of ketones is 1. The Morgan fingerprint density at radius 3 is 2.86 bits per heavy atom. The van der Waals surface area contributed by atoms with Gasteiger partial charge in [0.05, 0.1) is 6.04 Å². The molecule has 0 aromatic heterocycles. The molecule has 1 aliphatic heterocycles. The monoisotopic (exact) mass is 197 g/mol. The third kappa shape index (κ3) is 2.22. The van der Waals surface area contributed by atoms with Crippen LogP contribution in [-0.2, 0) is 4.79 Å². The summed E-state index contributed by atoms with van der Waals surface area (Å²) in [7, 11) is 0. The molecule has 1 saturated heterocycles. The summed E-state index contributed by atoms with van der Waals surface area (Å²) in [6, 6.07) is -0.118. The molecular formula is C11H19NO2. The lowest BCUT2D eigenvalue weighted by Gasteiger charge is -2.27. The van der Waals surface area contributed by atoms with Crippen LogP contribution < -0.4 is 0 Å². The number of hydrogen-bond donors (Lipinski definition) is 1. The Bertz CT molecular complexity index is 225. The number of rotatable bonds is 4. The quantitative estimate of drug-likeness (QED) is 0.688. The van der Waals surface area contributed by atoms with Gasteiger partial charge in [-0.15, -0.1) is 6.58 Å². The summed E-state index contributed by atoms with van der Waals surface area (Å²) in [4.78, 5) is 13.3. The molecule has 0 spiro atoms. The van der Waals surface area contributed by atoms with E-state index in [4.69, 9.17) is 0 Å². The van der Waals surface area contributed by atoms with Gasteiger partial charge in [-0.1, -0.05) is 6.08 Å². The van der Waals surface area contributed by atoms with Gasteiger partial charge in [0.2, 0.25) is 0 Å². The third-order valence-electron chi connectivity index (χ3n) is 2.93. The minimum Gasteiger partial charge on any atom is -0.379 e. The van der Waals surface area contributed by atoms with Gasteiger partial charge in [-0.2, -0.15) is 0 Å². The average molecular weight is 197 g/mol. The van der Waals surface area contributed by atoms with Crippen molar-refractivity contribution in [2.24, 2.45) is 5.92 Å². The predicted molar refractivity (Wildman–Crippen MR) is 55.8 cm³/mol. The van der Waals surface area contributed by atoms with Gasteiger partial charge in [-0.3, -0.25) is 9.69 Å². The molecule has 3 heteroatoms. The van der Waals surface area contributed by atoms with E-state index in [1.54, 1.807) is 13.8 Å². The molecule has 3 atom stereocenters. The lowest BCUT2D eigenvalue weighted by Crippen LogP contribution is -2.43. The van der Waals surface area contributed by atoms with E-state index in [9.17, 15) is 9.90 Å². The molecule has 0 aromatic carbocycles. The van der Waals surface area contributed by atoms with Crippen LogP contribution in [0.5, 0.6) is 0 Å². The Morgan fingerprint density at radius 2 is 2.43 bits per heavy atom. The summed E-state index contributed by atoms with van der Waals surface area (Å²) in [6.45, 7) is 7.81. The molecule has 1 heterocycles. The molecule has 0 saturated carbocycles. The average Bonchev–Trinajstić information content (AvgIpc) is 2.48. The van der Waals surface area contributed by atoms with E-state index >= 15 is 0 Å². The van der Waals surface area contributed by atoms with E-state index in [0.717, 1.165) is 19.4 Å². The van der Waals surface area contributed by atoms with Crippen molar-refractivity contribution in [1.29, 1.82) is 0 Å². The second-order valence-electron chi connectivity index (χ2n) is 4.00. The minimum atomic E-state index is -0.529. The Labute approximate surface area is 85.4 Å². The van der Waals surface area contributed by atoms with Gasteiger partial charge in [-0.25, -0.2) is 0 Å². The first-order chi connectivity index (χ1) is 6.57. The summed E-state index contributed by atoms with van der Waals surface area (Å²) < 4.78 is 0. The van der Waals surface area contributed by atoms with Crippen LogP contribution in [0.4, 0.5) is 0 Å². The van der Waals surface area contributed by atoms with Crippen molar-refractivity contribution in [2.45, 2.75) is 39.0 Å². The van der Waals surface area contributed by atoms with Gasteiger partial charge in [0.15, 0.2) is 0 Å². The number of allylic oxidation sites excluding steroid dienone is 1. The van der Waals surface area contributed by atoms with E-state index in [1.807, 2.05) is 11.0 Å². The molecule has 80 valence electrons. The minimum absolute atomic E-state index is 0.118. The lowest BCUT2D eigenvalue weighted by molar-refractivity contribution is -0.126. The van der Waals surface area contributed by atoms with Crippen LogP contribution in [0.2, 0.25) is 0 Å². The van der Waals surface area contributed by atoms with E-state index in [0.29, 0.717) is 5.92 Å². The molecule has 14 heavy (non-hydrogen) atoms. The SMILES string of the molecule is C=CC[C@H]1CCN([C@@H](C)O)[C@@H]1C(C)=O. The summed E-state index contributed by atoms with van der Waals surface area (Å²) >= 11 is 0. The summed E-state index contributed by atoms with van der Waals surface area (Å²) in [5.74, 6) is 0.481. The standard InChI is InChI=1S/C11H19NO2/c1-4-5-10-6-7-12(9(3)14)11(10)8(2)13/h4,9-11,14H,1,5-7H2,2-3H3/t9-,10+,11-/m1/s1. The number of hydrogen-bond acceptors (Lipinski definition) is 3. The normalized spacial score (nSPS) is 30.2. The number of Topliss-reactive ketones (excluding diaryl/α,β-unsaturated/α-hetero) is 1. The molecule has 1 rings (SSSR count). The van der Waals surface area contributed by atoms with Gasteiger partial charge < -0.3 is 5.11 Å². The number of likely N-dealkylation sites (tertiary alicyclic amines) is 1. The first kappa shape index (κ1) is 11.4. The second-order valence-corrected chi connectivity index (χ2v) is 4.00. The maximum Gasteiger partial charge on any atom is 0.147 e. The van der Waals surface area contributed by atoms with Crippen molar-refractivity contribution in [3.63, 3.8) is 0 Å². The lowest BCUT2D eigenvalue weighted by atomic mass is 9.94. The van der Waals surface area contributed by atoms with Crippen molar-refractivity contribution in [2.75, 3.05) is 6.54 Å². The fourth-order valence-electron chi connectivity index (χ4n) is 2.33. The highest BCUT2D eigenvalue weighted by Gasteiger charge is 2.38. The van der Waals surface area contributed by atoms with E-state index in [-0.39, 0.29) is 11.8 Å². The molecule has 0 aliphatic carbocycles. The maximum absolute atomic E-state index is 11.5. The van der Waals surface area contributed by atoms with Crippen molar-refractivity contribution in [3.8, 4) is 0 Å². The molecule has 1 aliphatic rings. The van der Waals surface area contributed by atoms with Crippen LogP contribution in [0.1, 0.15) is 26.7 Å². The maximum atomic E-state index is 11.5. The molecule has 0 amide bonds. The van der Waals surface area contributed by atoms with Gasteiger partial charge in [0.1, 0.15) is 12.0 Å². The Balaban J connectivity index is 2.73. The molecule has 1 N–H and O–H groups in total. The van der Waals surface area contributed by atoms with Crippen LogP contribution in [0.3, 0.4) is 0 Å². The molecular weight excluding hydrogens is 178 g/mol. The van der Waals surface area contributed by atoms with Crippen LogP contribution in [0.25, 0.3) is 0 Å². The fourth-order valence-corrected chi connectivity index (χ4v) is 2.33. The number of carbonyl (C=O) groups excluding carboxylic acids is 1. The Kier molecular flexibility index (Phi) is 3.84. The zero-order valence-corrected chi connectivity index (χ0v) is 8.94. The molecule has 1 fully saturated rings. The van der Waals surface area contributed by atoms with Crippen LogP contribution in [-0.4, -0.2) is 34.6 Å². The second kappa shape index (κ2) is 4.71. The van der Waals surface area contributed by atoms with Crippen molar-refractivity contribution in [1.82, 2.24) is 4.90 Å². The summed E-state index contributed by atoms with van der Waals surface area (Å²) in [6.07, 6.45) is 3.15. The van der Waals surface area contributed by atoms with E-state index in [1.165, 1.54) is 0 Å². The zero-order valence-electron chi connectivity index (χ0n) is 8.94. The fraction of sp³-hybridized carbons (Fsp3) is 0.727. The van der Waals surface area contributed by atoms with Gasteiger partial charge in [-0.05, 0) is 32.6 Å². The number of aliphatic hydroxyl groups is 1. The number of carbonyl (C=O) groups is 1. The highest BCUT2D eigenvalue weighted by Crippen LogP contribution is 2.29. The van der Waals surface area contributed by atoms with Crippen LogP contribution in [0.15, 0.2) is 12.7 Å². The zero-order chi connectivity index (χ0) is 10.7. The molecule has 0 unspecified atom stereocenters. The van der Waals surface area contributed by atoms with Crippen LogP contribution in [0, 0.1) is 5.92 Å². The Morgan fingerprint density at radius 1 is 1.79 bits per heavy atom. The Hall–Kier alpha value is -0.670.